The van der Waals surface area contributed by atoms with Crippen LogP contribution in [0.4, 0.5) is 0 Å². The molecule has 356 valence electrons. The Morgan fingerprint density at radius 2 is 0.868 bits per heavy atom. The van der Waals surface area contributed by atoms with E-state index in [9.17, 15) is 45.6 Å². The van der Waals surface area contributed by atoms with E-state index in [-0.39, 0.29) is 52.9 Å². The number of Topliss-reactive ketones (excluding diaryl/α,β-unsaturated/α-hetero) is 2. The lowest BCUT2D eigenvalue weighted by molar-refractivity contribution is -0.120. The fourth-order valence-corrected chi connectivity index (χ4v) is 10.1. The van der Waals surface area contributed by atoms with Crippen LogP contribution in [0.25, 0.3) is 0 Å². The normalized spacial score (nSPS) is 11.3. The van der Waals surface area contributed by atoms with Crippen LogP contribution < -0.4 is 28.2 Å². The van der Waals surface area contributed by atoms with Crippen molar-refractivity contribution in [2.24, 2.45) is 19.8 Å². The van der Waals surface area contributed by atoms with E-state index in [0.717, 1.165) is 35.0 Å². The lowest BCUT2D eigenvalue weighted by Gasteiger charge is -2.11. The molecule has 4 N–H and O–H groups in total. The van der Waals surface area contributed by atoms with Crippen LogP contribution >= 0.6 is 0 Å². The fraction of sp³-hybridized carbons (Fsp3) is 0.265. The second-order valence-electron chi connectivity index (χ2n) is 16.4. The Labute approximate surface area is 393 Å². The minimum atomic E-state index is -3.68. The SMILES string of the molecule is CC(=N)c1ccc(CCC(=O)Cn2c(=O)c(CS(=O)(=O)Cc3ccccc3)cn(C)c2=O)cc1.Cn1cc(CS(=O)(=O)Cc2ccccc2)c(=O)n(CC(=O)CCc2ccc(C(=N)N)cc2)c1=O. The van der Waals surface area contributed by atoms with Crippen molar-refractivity contribution < 1.29 is 26.4 Å². The number of carbonyl (C=O) groups excluding carboxylic acids is 2. The van der Waals surface area contributed by atoms with Crippen molar-refractivity contribution in [2.45, 2.75) is 68.7 Å². The van der Waals surface area contributed by atoms with E-state index in [1.165, 1.54) is 26.5 Å². The highest BCUT2D eigenvalue weighted by Crippen LogP contribution is 2.13. The minimum absolute atomic E-state index is 0.0523. The lowest BCUT2D eigenvalue weighted by Crippen LogP contribution is -2.42. The third-order valence-corrected chi connectivity index (χ3v) is 13.8. The summed E-state index contributed by atoms with van der Waals surface area (Å²) in [6, 6.07) is 31.4. The molecule has 4 aromatic carbocycles. The molecule has 0 bridgehead atoms. The summed E-state index contributed by atoms with van der Waals surface area (Å²) in [4.78, 5) is 75.9. The van der Waals surface area contributed by atoms with Crippen LogP contribution in [0, 0.1) is 10.8 Å². The Hall–Kier alpha value is -7.38. The Bertz CT molecular complexity index is 3070. The first kappa shape index (κ1) is 51.6. The van der Waals surface area contributed by atoms with E-state index < -0.39 is 66.8 Å². The van der Waals surface area contributed by atoms with E-state index in [1.54, 1.807) is 91.9 Å². The molecule has 0 radical (unpaired) electrons. The van der Waals surface area contributed by atoms with Crippen molar-refractivity contribution in [2.75, 3.05) is 0 Å². The highest BCUT2D eigenvalue weighted by molar-refractivity contribution is 7.90. The third kappa shape index (κ3) is 14.8. The maximum atomic E-state index is 12.9. The lowest BCUT2D eigenvalue weighted by atomic mass is 10.0. The fourth-order valence-electron chi connectivity index (χ4n) is 7.15. The number of rotatable bonds is 20. The van der Waals surface area contributed by atoms with Crippen molar-refractivity contribution in [1.29, 1.82) is 10.8 Å². The molecular weight excluding hydrogens is 911 g/mol. The van der Waals surface area contributed by atoms with Crippen LogP contribution in [-0.2, 0) is 92.3 Å². The summed E-state index contributed by atoms with van der Waals surface area (Å²) in [6.07, 6.45) is 3.46. The smallest absolute Gasteiger partial charge is 0.331 e. The van der Waals surface area contributed by atoms with Gasteiger partial charge in [-0.2, -0.15) is 0 Å². The van der Waals surface area contributed by atoms with Crippen LogP contribution in [0.5, 0.6) is 0 Å². The molecule has 0 amide bonds. The Morgan fingerprint density at radius 3 is 1.21 bits per heavy atom. The summed E-state index contributed by atoms with van der Waals surface area (Å²) < 4.78 is 54.5. The predicted octanol–water partition coefficient (Wildman–Crippen LogP) is 3.40. The standard InChI is InChI=1S/C25H27N3O5S.C24H26N4O5S/c1-18(26)21-11-8-19(9-12-21)10-13-23(29)15-28-24(30)22(14-27(2)25(28)31)17-34(32,33)16-20-6-4-3-5-7-20;1-27-13-20(16-34(32,33)15-18-5-3-2-4-6-18)23(30)28(24(27)31)14-21(29)12-9-17-7-10-19(11-8-17)22(25)26/h3-9,11-12,14,26H,10,13,15-17H2,1-2H3;2-8,10-11,13H,9,12,14-16H2,1H3,(H3,25,26). The first-order chi connectivity index (χ1) is 32.1. The van der Waals surface area contributed by atoms with Crippen molar-refractivity contribution >= 4 is 42.8 Å². The summed E-state index contributed by atoms with van der Waals surface area (Å²) in [5.74, 6) is -2.23. The van der Waals surface area contributed by atoms with Crippen LogP contribution in [0.15, 0.2) is 141 Å². The van der Waals surface area contributed by atoms with Gasteiger partial charge in [0.05, 0.1) is 36.1 Å². The van der Waals surface area contributed by atoms with Gasteiger partial charge in [0.1, 0.15) is 5.84 Å². The maximum Gasteiger partial charge on any atom is 0.331 e. The highest BCUT2D eigenvalue weighted by atomic mass is 32.2. The minimum Gasteiger partial charge on any atom is -0.384 e. The average molecular weight is 964 g/mol. The number of hydrogen-bond acceptors (Lipinski definition) is 12. The van der Waals surface area contributed by atoms with Gasteiger partial charge in [-0.1, -0.05) is 109 Å². The van der Waals surface area contributed by atoms with E-state index >= 15 is 0 Å². The number of hydrogen-bond donors (Lipinski definition) is 3. The number of ketones is 2. The second kappa shape index (κ2) is 22.9. The van der Waals surface area contributed by atoms with Gasteiger partial charge in [0.25, 0.3) is 11.1 Å². The summed E-state index contributed by atoms with van der Waals surface area (Å²) in [5.41, 5.74) is 7.17. The summed E-state index contributed by atoms with van der Waals surface area (Å²) in [5, 5.41) is 15.0. The van der Waals surface area contributed by atoms with Gasteiger partial charge in [0, 0.05) is 61.7 Å². The Kier molecular flexibility index (Phi) is 17.4. The van der Waals surface area contributed by atoms with Gasteiger partial charge in [0.2, 0.25) is 0 Å². The van der Waals surface area contributed by atoms with Gasteiger partial charge in [-0.3, -0.25) is 33.7 Å². The molecule has 17 nitrogen and oxygen atoms in total. The van der Waals surface area contributed by atoms with Crippen LogP contribution in [0.2, 0.25) is 0 Å². The number of nitrogens with zero attached hydrogens (tertiary/aromatic N) is 4. The first-order valence-electron chi connectivity index (χ1n) is 21.3. The van der Waals surface area contributed by atoms with Gasteiger partial charge in [-0.05, 0) is 47.6 Å². The summed E-state index contributed by atoms with van der Waals surface area (Å²) >= 11 is 0. The highest BCUT2D eigenvalue weighted by Gasteiger charge is 2.21. The molecular formula is C49H53N7O10S2. The van der Waals surface area contributed by atoms with E-state index in [1.807, 2.05) is 24.3 Å². The van der Waals surface area contributed by atoms with Gasteiger partial charge < -0.3 is 20.3 Å². The number of amidine groups is 1. The molecule has 0 spiro atoms. The molecule has 68 heavy (non-hydrogen) atoms. The maximum absolute atomic E-state index is 12.9. The van der Waals surface area contributed by atoms with E-state index in [2.05, 4.69) is 0 Å². The average Bonchev–Trinajstić information content (AvgIpc) is 3.29. The molecule has 0 aliphatic heterocycles. The molecule has 0 saturated heterocycles. The molecule has 0 unspecified atom stereocenters. The zero-order valence-electron chi connectivity index (χ0n) is 37.9. The number of sulfone groups is 2. The Morgan fingerprint density at radius 1 is 0.515 bits per heavy atom. The van der Waals surface area contributed by atoms with Crippen LogP contribution in [-0.4, -0.2) is 58.2 Å². The van der Waals surface area contributed by atoms with Gasteiger partial charge >= 0.3 is 11.4 Å². The molecule has 0 saturated carbocycles. The quantitative estimate of drug-likeness (QED) is 0.0738. The van der Waals surface area contributed by atoms with Gasteiger partial charge in [-0.15, -0.1) is 0 Å². The van der Waals surface area contributed by atoms with Crippen molar-refractivity contribution in [3.8, 4) is 0 Å². The van der Waals surface area contributed by atoms with Crippen molar-refractivity contribution in [3.05, 3.63) is 208 Å². The molecule has 0 aliphatic rings. The topological polar surface area (TPSA) is 264 Å². The number of nitrogen functional groups attached to an aromatic ring is 1. The molecule has 0 fully saturated rings. The number of nitrogens with one attached hydrogen (secondary N) is 2. The third-order valence-electron chi connectivity index (χ3n) is 10.7. The predicted molar refractivity (Wildman–Crippen MR) is 260 cm³/mol. The number of benzene rings is 4. The number of aryl methyl sites for hydroxylation is 4. The zero-order chi connectivity index (χ0) is 49.8. The van der Waals surface area contributed by atoms with Gasteiger partial charge in [0.15, 0.2) is 31.2 Å². The molecule has 6 rings (SSSR count). The number of nitrogens with two attached hydrogens (primary N) is 1. The molecule has 2 aromatic heterocycles. The largest absolute Gasteiger partial charge is 0.384 e. The van der Waals surface area contributed by atoms with E-state index in [4.69, 9.17) is 16.6 Å². The molecule has 6 aromatic rings. The number of aromatic nitrogens is 4. The summed E-state index contributed by atoms with van der Waals surface area (Å²) in [7, 11) is -4.52. The number of carbonyl (C=O) groups is 2. The van der Waals surface area contributed by atoms with Gasteiger partial charge in [-0.25, -0.2) is 26.4 Å². The van der Waals surface area contributed by atoms with E-state index in [0.29, 0.717) is 35.2 Å². The molecule has 19 heteroatoms. The molecule has 2 heterocycles. The van der Waals surface area contributed by atoms with Crippen molar-refractivity contribution in [3.63, 3.8) is 0 Å². The molecule has 0 atom stereocenters. The van der Waals surface area contributed by atoms with Crippen molar-refractivity contribution in [1.82, 2.24) is 18.3 Å². The zero-order valence-corrected chi connectivity index (χ0v) is 39.5. The Balaban J connectivity index is 0.000000254. The molecule has 0 aliphatic carbocycles. The second-order valence-corrected chi connectivity index (χ2v) is 20.6. The first-order valence-corrected chi connectivity index (χ1v) is 24.9. The van der Waals surface area contributed by atoms with Crippen LogP contribution in [0.1, 0.15) is 64.3 Å². The summed E-state index contributed by atoms with van der Waals surface area (Å²) in [6.45, 7) is 0.831. The van der Waals surface area contributed by atoms with Crippen LogP contribution in [0.3, 0.4) is 0 Å². The monoisotopic (exact) mass is 963 g/mol.